The zero-order chi connectivity index (χ0) is 18.9. The van der Waals surface area contributed by atoms with Gasteiger partial charge in [0.05, 0.1) is 6.61 Å². The highest BCUT2D eigenvalue weighted by Crippen LogP contribution is 2.13. The lowest BCUT2D eigenvalue weighted by atomic mass is 10.0. The van der Waals surface area contributed by atoms with E-state index in [1.54, 1.807) is 10.6 Å². The second-order valence-electron chi connectivity index (χ2n) is 7.43. The van der Waals surface area contributed by atoms with Crippen molar-refractivity contribution in [2.24, 2.45) is 7.05 Å². The maximum atomic E-state index is 12.0. The molecule has 0 aliphatic heterocycles. The molecule has 1 heterocycles. The molecule has 0 bridgehead atoms. The molecule has 0 radical (unpaired) electrons. The maximum absolute atomic E-state index is 12.0. The van der Waals surface area contributed by atoms with Crippen LogP contribution in [0.2, 0.25) is 0 Å². The maximum Gasteiger partial charge on any atom is 0.403 e. The van der Waals surface area contributed by atoms with E-state index in [1.165, 1.54) is 77.0 Å². The summed E-state index contributed by atoms with van der Waals surface area (Å²) >= 11 is 0. The average molecular weight is 363 g/mol. The third-order valence-electron chi connectivity index (χ3n) is 5.00. The fourth-order valence-corrected chi connectivity index (χ4v) is 3.27. The Labute approximate surface area is 161 Å². The number of carbonyl (C=O) groups excluding carboxylic acids is 1. The minimum atomic E-state index is -0.220. The van der Waals surface area contributed by atoms with Crippen LogP contribution in [0.5, 0.6) is 0 Å². The van der Waals surface area contributed by atoms with Crippen LogP contribution in [-0.4, -0.2) is 12.6 Å². The van der Waals surface area contributed by atoms with Crippen LogP contribution >= 0.6 is 0 Å². The number of carbonyl (C=O) groups is 1. The zero-order valence-corrected chi connectivity index (χ0v) is 17.2. The van der Waals surface area contributed by atoms with Gasteiger partial charge in [-0.3, -0.25) is 0 Å². The fraction of sp³-hybridized carbons (Fsp3) is 0.739. The monoisotopic (exact) mass is 362 g/mol. The van der Waals surface area contributed by atoms with Crippen molar-refractivity contribution < 1.29 is 14.1 Å². The molecular weight excluding hydrogens is 322 g/mol. The summed E-state index contributed by atoms with van der Waals surface area (Å²) in [4.78, 5) is 12.0. The lowest BCUT2D eigenvalue weighted by Gasteiger charge is -2.04. The van der Waals surface area contributed by atoms with E-state index in [2.05, 4.69) is 6.92 Å². The van der Waals surface area contributed by atoms with Crippen LogP contribution in [0.4, 0.5) is 0 Å². The number of rotatable bonds is 16. The predicted molar refractivity (Wildman–Crippen MR) is 108 cm³/mol. The van der Waals surface area contributed by atoms with E-state index in [0.29, 0.717) is 12.3 Å². The molecule has 0 N–H and O–H groups in total. The molecule has 0 aliphatic carbocycles. The average Bonchev–Trinajstić information content (AvgIpc) is 2.65. The van der Waals surface area contributed by atoms with Crippen LogP contribution < -0.4 is 4.57 Å². The lowest BCUT2D eigenvalue weighted by Crippen LogP contribution is -2.36. The molecular formula is C23H40NO2+. The summed E-state index contributed by atoms with van der Waals surface area (Å²) in [7, 11) is 1.86. The van der Waals surface area contributed by atoms with Gasteiger partial charge >= 0.3 is 5.97 Å². The Bertz CT molecular complexity index is 473. The van der Waals surface area contributed by atoms with Gasteiger partial charge in [0.25, 0.3) is 5.69 Å². The molecule has 0 atom stereocenters. The van der Waals surface area contributed by atoms with Gasteiger partial charge in [-0.1, -0.05) is 90.4 Å². The number of pyridine rings is 1. The van der Waals surface area contributed by atoms with E-state index in [9.17, 15) is 4.79 Å². The molecule has 1 aromatic heterocycles. The standard InChI is InChI=1S/C23H40NO2/c1-3-4-5-6-7-8-9-10-11-12-13-14-15-18-21-26-23(25)22-19-16-17-20-24(22)2/h16-17,19-20H,3-15,18,21H2,1-2H3/q+1. The minimum absolute atomic E-state index is 0.220. The van der Waals surface area contributed by atoms with E-state index >= 15 is 0 Å². The second-order valence-corrected chi connectivity index (χ2v) is 7.43. The number of aryl methyl sites for hydroxylation is 1. The molecule has 0 amide bonds. The molecule has 0 saturated heterocycles. The topological polar surface area (TPSA) is 30.2 Å². The normalized spacial score (nSPS) is 10.8. The number of ether oxygens (including phenoxy) is 1. The van der Waals surface area contributed by atoms with E-state index in [4.69, 9.17) is 4.74 Å². The van der Waals surface area contributed by atoms with Gasteiger partial charge in [-0.2, -0.15) is 4.57 Å². The van der Waals surface area contributed by atoms with Crippen LogP contribution in [0, 0.1) is 0 Å². The quantitative estimate of drug-likeness (QED) is 0.200. The van der Waals surface area contributed by atoms with E-state index in [1.807, 2.05) is 25.4 Å². The summed E-state index contributed by atoms with van der Waals surface area (Å²) in [5, 5.41) is 0. The molecule has 3 nitrogen and oxygen atoms in total. The number of aromatic nitrogens is 1. The molecule has 0 aliphatic rings. The highest BCUT2D eigenvalue weighted by atomic mass is 16.5. The Morgan fingerprint density at radius 1 is 0.808 bits per heavy atom. The second kappa shape index (κ2) is 15.8. The summed E-state index contributed by atoms with van der Waals surface area (Å²) in [6, 6.07) is 5.57. The Morgan fingerprint density at radius 2 is 1.31 bits per heavy atom. The van der Waals surface area contributed by atoms with Crippen molar-refractivity contribution in [2.75, 3.05) is 6.61 Å². The summed E-state index contributed by atoms with van der Waals surface area (Å²) in [6.07, 6.45) is 20.6. The van der Waals surface area contributed by atoms with E-state index < -0.39 is 0 Å². The number of hydrogen-bond acceptors (Lipinski definition) is 2. The first-order valence-electron chi connectivity index (χ1n) is 10.9. The Morgan fingerprint density at radius 3 is 1.81 bits per heavy atom. The Balaban J connectivity index is 1.84. The van der Waals surface area contributed by atoms with Crippen molar-refractivity contribution in [3.63, 3.8) is 0 Å². The Kier molecular flexibility index (Phi) is 13.8. The van der Waals surface area contributed by atoms with Gasteiger partial charge in [-0.15, -0.1) is 0 Å². The summed E-state index contributed by atoms with van der Waals surface area (Å²) in [6.45, 7) is 2.81. The molecule has 0 unspecified atom stereocenters. The van der Waals surface area contributed by atoms with Crippen LogP contribution in [0.3, 0.4) is 0 Å². The SMILES string of the molecule is CCCCCCCCCCCCCCCCOC(=O)c1cccc[n+]1C. The number of nitrogens with zero attached hydrogens (tertiary/aromatic N) is 1. The number of hydrogen-bond donors (Lipinski definition) is 0. The van der Waals surface area contributed by atoms with Gasteiger partial charge in [0.2, 0.25) is 0 Å². The summed E-state index contributed by atoms with van der Waals surface area (Å²) in [5.74, 6) is -0.220. The van der Waals surface area contributed by atoms with Gasteiger partial charge in [-0.25, -0.2) is 4.79 Å². The van der Waals surface area contributed by atoms with Gasteiger partial charge in [0, 0.05) is 12.1 Å². The third-order valence-corrected chi connectivity index (χ3v) is 5.00. The molecule has 1 rings (SSSR count). The summed E-state index contributed by atoms with van der Waals surface area (Å²) in [5.41, 5.74) is 0.609. The van der Waals surface area contributed by atoms with Crippen molar-refractivity contribution in [1.82, 2.24) is 0 Å². The van der Waals surface area contributed by atoms with Crippen LogP contribution in [-0.2, 0) is 11.8 Å². The number of unbranched alkanes of at least 4 members (excludes halogenated alkanes) is 13. The fourth-order valence-electron chi connectivity index (χ4n) is 3.27. The van der Waals surface area contributed by atoms with Crippen molar-refractivity contribution in [2.45, 2.75) is 96.8 Å². The van der Waals surface area contributed by atoms with Crippen molar-refractivity contribution in [1.29, 1.82) is 0 Å². The molecule has 0 saturated carbocycles. The highest BCUT2D eigenvalue weighted by molar-refractivity contribution is 5.85. The van der Waals surface area contributed by atoms with Crippen LogP contribution in [0.25, 0.3) is 0 Å². The van der Waals surface area contributed by atoms with Crippen LogP contribution in [0.15, 0.2) is 24.4 Å². The molecule has 3 heteroatoms. The van der Waals surface area contributed by atoms with Gasteiger partial charge < -0.3 is 4.74 Å². The van der Waals surface area contributed by atoms with Gasteiger partial charge in [0.1, 0.15) is 7.05 Å². The molecule has 0 spiro atoms. The first-order chi connectivity index (χ1) is 12.8. The lowest BCUT2D eigenvalue weighted by molar-refractivity contribution is -0.674. The van der Waals surface area contributed by atoms with Gasteiger partial charge in [0.15, 0.2) is 6.20 Å². The zero-order valence-electron chi connectivity index (χ0n) is 17.2. The molecule has 0 fully saturated rings. The van der Waals surface area contributed by atoms with E-state index in [0.717, 1.165) is 12.8 Å². The van der Waals surface area contributed by atoms with E-state index in [-0.39, 0.29) is 5.97 Å². The van der Waals surface area contributed by atoms with Crippen molar-refractivity contribution >= 4 is 5.97 Å². The van der Waals surface area contributed by atoms with Crippen molar-refractivity contribution in [3.05, 3.63) is 30.1 Å². The first-order valence-corrected chi connectivity index (χ1v) is 10.9. The molecule has 148 valence electrons. The number of esters is 1. The first kappa shape index (κ1) is 22.7. The smallest absolute Gasteiger partial charge is 0.403 e. The third kappa shape index (κ3) is 11.3. The largest absolute Gasteiger partial charge is 0.458 e. The van der Waals surface area contributed by atoms with Crippen molar-refractivity contribution in [3.8, 4) is 0 Å². The Hall–Kier alpha value is -1.38. The summed E-state index contributed by atoms with van der Waals surface area (Å²) < 4.78 is 7.16. The van der Waals surface area contributed by atoms with Gasteiger partial charge in [-0.05, 0) is 12.5 Å². The molecule has 1 aromatic rings. The van der Waals surface area contributed by atoms with Crippen LogP contribution in [0.1, 0.15) is 107 Å². The molecule has 26 heavy (non-hydrogen) atoms. The molecule has 0 aromatic carbocycles. The minimum Gasteiger partial charge on any atom is -0.458 e. The highest BCUT2D eigenvalue weighted by Gasteiger charge is 2.16. The predicted octanol–water partition coefficient (Wildman–Crippen LogP) is 6.15.